The summed E-state index contributed by atoms with van der Waals surface area (Å²) < 4.78 is 0.787. The quantitative estimate of drug-likeness (QED) is 0.382. The van der Waals surface area contributed by atoms with E-state index in [1.807, 2.05) is 0 Å². The standard InChI is InChI=1S/C17H10Cl2N2O3S/c18-10-3-1-9(2-4-10)13(22)8-14(23)16(24)21-17-20-12-6-5-11(19)7-15(12)25-17/h1-8,22H,(H,20,21,24)/b13-8-. The molecule has 2 N–H and O–H groups in total. The van der Waals surface area contributed by atoms with Gasteiger partial charge in [0, 0.05) is 21.7 Å². The maximum Gasteiger partial charge on any atom is 0.298 e. The van der Waals surface area contributed by atoms with Crippen molar-refractivity contribution in [1.29, 1.82) is 0 Å². The molecule has 25 heavy (non-hydrogen) atoms. The van der Waals surface area contributed by atoms with Gasteiger partial charge in [0.2, 0.25) is 5.78 Å². The zero-order chi connectivity index (χ0) is 18.0. The Morgan fingerprint density at radius 1 is 1.08 bits per heavy atom. The first-order valence-electron chi connectivity index (χ1n) is 7.00. The van der Waals surface area contributed by atoms with E-state index in [1.54, 1.807) is 30.3 Å². The molecule has 0 atom stereocenters. The van der Waals surface area contributed by atoms with Crippen molar-refractivity contribution in [2.75, 3.05) is 5.32 Å². The van der Waals surface area contributed by atoms with Crippen molar-refractivity contribution in [2.45, 2.75) is 0 Å². The molecule has 3 rings (SSSR count). The van der Waals surface area contributed by atoms with E-state index in [2.05, 4.69) is 10.3 Å². The lowest BCUT2D eigenvalue weighted by atomic mass is 10.1. The summed E-state index contributed by atoms with van der Waals surface area (Å²) in [5.74, 6) is -2.12. The molecule has 0 fully saturated rings. The number of nitrogens with one attached hydrogen (secondary N) is 1. The maximum absolute atomic E-state index is 12.0. The Bertz CT molecular complexity index is 997. The molecule has 1 amide bonds. The minimum Gasteiger partial charge on any atom is -0.507 e. The first-order chi connectivity index (χ1) is 11.9. The zero-order valence-corrected chi connectivity index (χ0v) is 14.8. The number of hydrogen-bond acceptors (Lipinski definition) is 5. The van der Waals surface area contributed by atoms with Crippen LogP contribution in [-0.4, -0.2) is 21.8 Å². The molecule has 5 nitrogen and oxygen atoms in total. The van der Waals surface area contributed by atoms with Crippen LogP contribution in [0.5, 0.6) is 0 Å². The fourth-order valence-corrected chi connectivity index (χ4v) is 3.27. The summed E-state index contributed by atoms with van der Waals surface area (Å²) in [6, 6.07) is 11.3. The minimum absolute atomic E-state index is 0.273. The van der Waals surface area contributed by atoms with Crippen LogP contribution in [0.1, 0.15) is 5.56 Å². The second kappa shape index (κ2) is 7.23. The molecule has 0 saturated heterocycles. The average molecular weight is 393 g/mol. The molecule has 3 aromatic rings. The summed E-state index contributed by atoms with van der Waals surface area (Å²) in [4.78, 5) is 28.1. The number of carbonyl (C=O) groups is 2. The summed E-state index contributed by atoms with van der Waals surface area (Å²) in [6.07, 6.45) is 0.850. The zero-order valence-electron chi connectivity index (χ0n) is 12.5. The molecule has 0 saturated carbocycles. The first kappa shape index (κ1) is 17.4. The Labute approximate surface area is 156 Å². The second-order valence-electron chi connectivity index (χ2n) is 4.99. The van der Waals surface area contributed by atoms with Gasteiger partial charge < -0.3 is 5.11 Å². The highest BCUT2D eigenvalue weighted by Gasteiger charge is 2.15. The highest BCUT2D eigenvalue weighted by molar-refractivity contribution is 7.22. The highest BCUT2D eigenvalue weighted by atomic mass is 35.5. The SMILES string of the molecule is O=C(/C=C(\O)c1ccc(Cl)cc1)C(=O)Nc1nc2ccc(Cl)cc2s1. The summed E-state index contributed by atoms with van der Waals surface area (Å²) in [7, 11) is 0. The Balaban J connectivity index is 1.74. The van der Waals surface area contributed by atoms with E-state index in [0.717, 1.165) is 10.8 Å². The highest BCUT2D eigenvalue weighted by Crippen LogP contribution is 2.28. The van der Waals surface area contributed by atoms with Crippen LogP contribution in [0.3, 0.4) is 0 Å². The Morgan fingerprint density at radius 2 is 1.76 bits per heavy atom. The molecule has 0 aliphatic carbocycles. The number of ketones is 1. The van der Waals surface area contributed by atoms with Gasteiger partial charge in [-0.3, -0.25) is 14.9 Å². The van der Waals surface area contributed by atoms with Crippen LogP contribution in [0.15, 0.2) is 48.5 Å². The number of rotatable bonds is 4. The van der Waals surface area contributed by atoms with E-state index < -0.39 is 11.7 Å². The van der Waals surface area contributed by atoms with Crippen molar-refractivity contribution < 1.29 is 14.7 Å². The third-order valence-electron chi connectivity index (χ3n) is 3.20. The van der Waals surface area contributed by atoms with Crippen molar-refractivity contribution in [2.24, 2.45) is 0 Å². The van der Waals surface area contributed by atoms with Gasteiger partial charge in [-0.2, -0.15) is 0 Å². The number of halogens is 2. The van der Waals surface area contributed by atoms with E-state index in [0.29, 0.717) is 21.1 Å². The number of amides is 1. The topological polar surface area (TPSA) is 79.3 Å². The number of nitrogens with zero attached hydrogens (tertiary/aromatic N) is 1. The van der Waals surface area contributed by atoms with E-state index >= 15 is 0 Å². The van der Waals surface area contributed by atoms with Crippen LogP contribution in [0, 0.1) is 0 Å². The van der Waals surface area contributed by atoms with E-state index in [1.165, 1.54) is 23.5 Å². The summed E-state index contributed by atoms with van der Waals surface area (Å²) in [6.45, 7) is 0. The van der Waals surface area contributed by atoms with Gasteiger partial charge in [-0.25, -0.2) is 4.98 Å². The molecule has 0 radical (unpaired) electrons. The van der Waals surface area contributed by atoms with Gasteiger partial charge in [-0.15, -0.1) is 0 Å². The van der Waals surface area contributed by atoms with Gasteiger partial charge in [-0.05, 0) is 42.5 Å². The summed E-state index contributed by atoms with van der Waals surface area (Å²) >= 11 is 12.9. The van der Waals surface area contributed by atoms with Crippen LogP contribution in [0.2, 0.25) is 10.0 Å². The van der Waals surface area contributed by atoms with Gasteiger partial charge in [0.05, 0.1) is 10.2 Å². The fraction of sp³-hybridized carbons (Fsp3) is 0. The molecule has 0 aliphatic heterocycles. The van der Waals surface area contributed by atoms with Crippen LogP contribution in [0.25, 0.3) is 16.0 Å². The van der Waals surface area contributed by atoms with Crippen molar-refractivity contribution in [1.82, 2.24) is 4.98 Å². The van der Waals surface area contributed by atoms with Gasteiger partial charge in [-0.1, -0.05) is 34.5 Å². The molecule has 0 spiro atoms. The number of hydrogen-bond donors (Lipinski definition) is 2. The molecule has 1 aromatic heterocycles. The molecule has 0 bridgehead atoms. The Hall–Kier alpha value is -2.41. The third-order valence-corrected chi connectivity index (χ3v) is 4.62. The average Bonchev–Trinajstić information content (AvgIpc) is 2.96. The number of anilines is 1. The monoisotopic (exact) mass is 392 g/mol. The molecule has 0 unspecified atom stereocenters. The van der Waals surface area contributed by atoms with Gasteiger partial charge in [0.15, 0.2) is 5.13 Å². The minimum atomic E-state index is -0.898. The number of benzene rings is 2. The lowest BCUT2D eigenvalue weighted by molar-refractivity contribution is -0.131. The maximum atomic E-state index is 12.0. The molecule has 126 valence electrons. The summed E-state index contributed by atoms with van der Waals surface area (Å²) in [5, 5.41) is 13.7. The van der Waals surface area contributed by atoms with Crippen LogP contribution in [-0.2, 0) is 9.59 Å². The van der Waals surface area contributed by atoms with Gasteiger partial charge in [0.25, 0.3) is 5.91 Å². The lowest BCUT2D eigenvalue weighted by Gasteiger charge is -2.01. The number of fused-ring (bicyclic) bond motifs is 1. The van der Waals surface area contributed by atoms with E-state index in [4.69, 9.17) is 23.2 Å². The number of carbonyl (C=O) groups excluding carboxylic acids is 2. The fourth-order valence-electron chi connectivity index (χ4n) is 2.00. The van der Waals surface area contributed by atoms with Crippen molar-refractivity contribution in [3.8, 4) is 0 Å². The molecule has 1 heterocycles. The van der Waals surface area contributed by atoms with Crippen molar-refractivity contribution >= 4 is 67.3 Å². The third kappa shape index (κ3) is 4.17. The van der Waals surface area contributed by atoms with E-state index in [-0.39, 0.29) is 10.9 Å². The molecule has 8 heteroatoms. The number of thiazole rings is 1. The molecular formula is C17H10Cl2N2O3S. The Kier molecular flexibility index (Phi) is 5.03. The molecular weight excluding hydrogens is 383 g/mol. The Morgan fingerprint density at radius 3 is 2.48 bits per heavy atom. The normalized spacial score (nSPS) is 11.5. The van der Waals surface area contributed by atoms with Crippen molar-refractivity contribution in [3.05, 3.63) is 64.1 Å². The van der Waals surface area contributed by atoms with Crippen LogP contribution >= 0.6 is 34.5 Å². The molecule has 2 aromatic carbocycles. The first-order valence-corrected chi connectivity index (χ1v) is 8.57. The lowest BCUT2D eigenvalue weighted by Crippen LogP contribution is -2.21. The summed E-state index contributed by atoms with van der Waals surface area (Å²) in [5.41, 5.74) is 1.04. The number of aromatic nitrogens is 1. The predicted molar refractivity (Wildman–Crippen MR) is 100 cm³/mol. The van der Waals surface area contributed by atoms with E-state index in [9.17, 15) is 14.7 Å². The second-order valence-corrected chi connectivity index (χ2v) is 6.89. The van der Waals surface area contributed by atoms with Crippen LogP contribution < -0.4 is 5.32 Å². The smallest absolute Gasteiger partial charge is 0.298 e. The largest absolute Gasteiger partial charge is 0.507 e. The van der Waals surface area contributed by atoms with Gasteiger partial charge >= 0.3 is 0 Å². The number of aliphatic hydroxyl groups excluding tert-OH is 1. The molecule has 0 aliphatic rings. The van der Waals surface area contributed by atoms with Crippen molar-refractivity contribution in [3.63, 3.8) is 0 Å². The van der Waals surface area contributed by atoms with Crippen LogP contribution in [0.4, 0.5) is 5.13 Å². The predicted octanol–water partition coefficient (Wildman–Crippen LogP) is 4.71. The van der Waals surface area contributed by atoms with Gasteiger partial charge in [0.1, 0.15) is 5.76 Å². The number of aliphatic hydroxyl groups is 1.